The van der Waals surface area contributed by atoms with Gasteiger partial charge in [-0.3, -0.25) is 8.97 Å². The Morgan fingerprint density at radius 2 is 1.48 bits per heavy atom. The van der Waals surface area contributed by atoms with Crippen molar-refractivity contribution >= 4 is 27.6 Å². The van der Waals surface area contributed by atoms with E-state index < -0.39 is 0 Å². The molecule has 0 saturated carbocycles. The average molecular weight is 373 g/mol. The Hall–Kier alpha value is -3.85. The summed E-state index contributed by atoms with van der Waals surface area (Å²) >= 11 is 0. The fraction of sp³-hybridized carbons (Fsp3) is 0.0385. The summed E-state index contributed by atoms with van der Waals surface area (Å²) in [4.78, 5) is 5.11. The van der Waals surface area contributed by atoms with E-state index in [-0.39, 0.29) is 0 Å². The van der Waals surface area contributed by atoms with Crippen LogP contribution in [0.1, 0.15) is 5.56 Å². The summed E-state index contributed by atoms with van der Waals surface area (Å²) in [6, 6.07) is 31.9. The van der Waals surface area contributed by atoms with Gasteiger partial charge in [0.2, 0.25) is 5.78 Å². The number of para-hydroxylation sites is 1. The topological polar surface area (TPSA) is 22.2 Å². The van der Waals surface area contributed by atoms with E-state index in [1.54, 1.807) is 0 Å². The standard InChI is InChI=1S/C26H19N3/c1-18-11-13-20(14-12-18)24-17-28-23-16-15-19-7-5-6-10-22(19)25(23)27-26(28)29(24)21-8-3-2-4-9-21/h2-17H,1H3. The molecule has 0 radical (unpaired) electrons. The molecule has 0 spiro atoms. The highest BCUT2D eigenvalue weighted by Crippen LogP contribution is 2.32. The first-order valence-corrected chi connectivity index (χ1v) is 9.83. The molecule has 0 atom stereocenters. The van der Waals surface area contributed by atoms with Gasteiger partial charge in [-0.1, -0.05) is 78.4 Å². The Balaban J connectivity index is 1.74. The molecule has 0 aliphatic rings. The second-order valence-corrected chi connectivity index (χ2v) is 7.49. The zero-order valence-electron chi connectivity index (χ0n) is 16.1. The minimum absolute atomic E-state index is 0.929. The van der Waals surface area contributed by atoms with Crippen LogP contribution in [0.4, 0.5) is 0 Å². The van der Waals surface area contributed by atoms with Crippen LogP contribution in [0.15, 0.2) is 97.2 Å². The zero-order valence-corrected chi connectivity index (χ0v) is 16.1. The summed E-state index contributed by atoms with van der Waals surface area (Å²) in [5, 5.41) is 2.40. The predicted molar refractivity (Wildman–Crippen MR) is 120 cm³/mol. The maximum atomic E-state index is 5.11. The van der Waals surface area contributed by atoms with Gasteiger partial charge in [0.25, 0.3) is 0 Å². The predicted octanol–water partition coefficient (Wildman–Crippen LogP) is 6.41. The summed E-state index contributed by atoms with van der Waals surface area (Å²) < 4.78 is 4.46. The van der Waals surface area contributed by atoms with E-state index in [1.807, 2.05) is 6.07 Å². The van der Waals surface area contributed by atoms with Crippen LogP contribution in [0.25, 0.3) is 44.5 Å². The first kappa shape index (κ1) is 16.1. The second-order valence-electron chi connectivity index (χ2n) is 7.49. The number of hydrogen-bond donors (Lipinski definition) is 0. The number of benzene rings is 4. The van der Waals surface area contributed by atoms with E-state index in [1.165, 1.54) is 21.9 Å². The normalized spacial score (nSPS) is 11.6. The van der Waals surface area contributed by atoms with Crippen LogP contribution >= 0.6 is 0 Å². The Labute approximate surface area is 168 Å². The fourth-order valence-electron chi connectivity index (χ4n) is 4.15. The third-order valence-corrected chi connectivity index (χ3v) is 5.62. The minimum Gasteiger partial charge on any atom is -0.283 e. The molecule has 6 rings (SSSR count). The van der Waals surface area contributed by atoms with Gasteiger partial charge in [0, 0.05) is 22.8 Å². The molecule has 0 aliphatic carbocycles. The quantitative estimate of drug-likeness (QED) is 0.344. The van der Waals surface area contributed by atoms with Gasteiger partial charge in [0.05, 0.1) is 16.7 Å². The lowest BCUT2D eigenvalue weighted by atomic mass is 10.1. The molecule has 3 heteroatoms. The number of aryl methyl sites for hydroxylation is 1. The molecule has 138 valence electrons. The highest BCUT2D eigenvalue weighted by molar-refractivity contribution is 6.05. The van der Waals surface area contributed by atoms with Gasteiger partial charge >= 0.3 is 0 Å². The van der Waals surface area contributed by atoms with Crippen molar-refractivity contribution in [3.05, 3.63) is 103 Å². The van der Waals surface area contributed by atoms with E-state index in [0.717, 1.165) is 28.2 Å². The van der Waals surface area contributed by atoms with Crippen molar-refractivity contribution in [2.45, 2.75) is 6.92 Å². The number of imidazole rings is 2. The lowest BCUT2D eigenvalue weighted by molar-refractivity contribution is 1.08. The number of fused-ring (bicyclic) bond motifs is 5. The van der Waals surface area contributed by atoms with Crippen molar-refractivity contribution in [2.24, 2.45) is 0 Å². The van der Waals surface area contributed by atoms with Gasteiger partial charge in [0.1, 0.15) is 0 Å². The lowest BCUT2D eigenvalue weighted by Gasteiger charge is -2.09. The van der Waals surface area contributed by atoms with Crippen LogP contribution in [0.2, 0.25) is 0 Å². The third kappa shape index (κ3) is 2.41. The second kappa shape index (κ2) is 6.08. The summed E-state index contributed by atoms with van der Waals surface area (Å²) in [6.45, 7) is 2.12. The molecule has 0 N–H and O–H groups in total. The summed E-state index contributed by atoms with van der Waals surface area (Å²) in [6.07, 6.45) is 2.21. The molecule has 3 nitrogen and oxygen atoms in total. The lowest BCUT2D eigenvalue weighted by Crippen LogP contribution is -1.97. The molecule has 2 aromatic heterocycles. The largest absolute Gasteiger partial charge is 0.283 e. The number of hydrogen-bond acceptors (Lipinski definition) is 1. The molecule has 0 unspecified atom stereocenters. The zero-order chi connectivity index (χ0) is 19.4. The van der Waals surface area contributed by atoms with E-state index in [0.29, 0.717) is 0 Å². The van der Waals surface area contributed by atoms with E-state index in [4.69, 9.17) is 4.98 Å². The maximum Gasteiger partial charge on any atom is 0.220 e. The van der Waals surface area contributed by atoms with Gasteiger partial charge in [-0.25, -0.2) is 4.98 Å². The maximum absolute atomic E-state index is 5.11. The smallest absolute Gasteiger partial charge is 0.220 e. The van der Waals surface area contributed by atoms with Crippen LogP contribution in [0.3, 0.4) is 0 Å². The van der Waals surface area contributed by atoms with Crippen LogP contribution in [-0.4, -0.2) is 14.0 Å². The van der Waals surface area contributed by atoms with Gasteiger partial charge in [-0.05, 0) is 30.5 Å². The van der Waals surface area contributed by atoms with Crippen molar-refractivity contribution in [1.29, 1.82) is 0 Å². The molecule has 6 aromatic rings. The first-order valence-electron chi connectivity index (χ1n) is 9.83. The Bertz CT molecular complexity index is 1490. The van der Waals surface area contributed by atoms with E-state index in [9.17, 15) is 0 Å². The molecular weight excluding hydrogens is 354 g/mol. The van der Waals surface area contributed by atoms with Crippen molar-refractivity contribution < 1.29 is 0 Å². The molecule has 0 saturated heterocycles. The number of rotatable bonds is 2. The molecule has 0 aliphatic heterocycles. The molecule has 4 aromatic carbocycles. The van der Waals surface area contributed by atoms with Crippen LogP contribution < -0.4 is 0 Å². The van der Waals surface area contributed by atoms with Gasteiger partial charge in [-0.15, -0.1) is 0 Å². The molecule has 29 heavy (non-hydrogen) atoms. The molecule has 0 amide bonds. The summed E-state index contributed by atoms with van der Waals surface area (Å²) in [5.41, 5.74) is 6.85. The Kier molecular flexibility index (Phi) is 3.38. The van der Waals surface area contributed by atoms with Crippen LogP contribution in [0.5, 0.6) is 0 Å². The molecule has 0 fully saturated rings. The first-order chi connectivity index (χ1) is 14.3. The third-order valence-electron chi connectivity index (χ3n) is 5.62. The highest BCUT2D eigenvalue weighted by atomic mass is 15.2. The Morgan fingerprint density at radius 3 is 2.31 bits per heavy atom. The highest BCUT2D eigenvalue weighted by Gasteiger charge is 2.17. The van der Waals surface area contributed by atoms with E-state index >= 15 is 0 Å². The molecule has 0 bridgehead atoms. The van der Waals surface area contributed by atoms with Crippen molar-refractivity contribution in [2.75, 3.05) is 0 Å². The number of nitrogens with zero attached hydrogens (tertiary/aromatic N) is 3. The summed E-state index contributed by atoms with van der Waals surface area (Å²) in [5.74, 6) is 0.929. The number of aromatic nitrogens is 3. The van der Waals surface area contributed by atoms with Gasteiger partial charge in [-0.2, -0.15) is 0 Å². The van der Waals surface area contributed by atoms with Gasteiger partial charge < -0.3 is 0 Å². The fourth-order valence-corrected chi connectivity index (χ4v) is 4.15. The van der Waals surface area contributed by atoms with Crippen LogP contribution in [-0.2, 0) is 0 Å². The van der Waals surface area contributed by atoms with E-state index in [2.05, 4.69) is 107 Å². The minimum atomic E-state index is 0.929. The molecule has 2 heterocycles. The van der Waals surface area contributed by atoms with Gasteiger partial charge in [0.15, 0.2) is 0 Å². The Morgan fingerprint density at radius 1 is 0.724 bits per heavy atom. The van der Waals surface area contributed by atoms with Crippen molar-refractivity contribution in [3.8, 4) is 16.9 Å². The SMILES string of the molecule is Cc1ccc(-c2cn3c4ccc5ccccc5c4nc3n2-c2ccccc2)cc1. The summed E-state index contributed by atoms with van der Waals surface area (Å²) in [7, 11) is 0. The van der Waals surface area contributed by atoms with Crippen molar-refractivity contribution in [3.63, 3.8) is 0 Å². The average Bonchev–Trinajstić information content (AvgIpc) is 3.31. The molecular formula is C26H19N3. The van der Waals surface area contributed by atoms with Crippen LogP contribution in [0, 0.1) is 6.92 Å². The monoisotopic (exact) mass is 373 g/mol. The van der Waals surface area contributed by atoms with Crippen molar-refractivity contribution in [1.82, 2.24) is 14.0 Å².